The van der Waals surface area contributed by atoms with Crippen molar-refractivity contribution >= 4 is 12.0 Å². The third-order valence-electron chi connectivity index (χ3n) is 4.74. The monoisotopic (exact) mass is 283 g/mol. The van der Waals surface area contributed by atoms with Crippen LogP contribution in [-0.2, 0) is 4.79 Å². The molecule has 0 aromatic heterocycles. The number of carbonyl (C=O) groups is 2. The Bertz CT molecular complexity index is 391. The maximum absolute atomic E-state index is 12.4. The third kappa shape index (κ3) is 2.75. The molecule has 2 rings (SSSR count). The van der Waals surface area contributed by atoms with Crippen LogP contribution in [0.15, 0.2) is 0 Å². The zero-order valence-corrected chi connectivity index (χ0v) is 12.6. The van der Waals surface area contributed by atoms with Gasteiger partial charge in [-0.15, -0.1) is 0 Å². The SMILES string of the molecule is CC1CN(C(=O)NC2(C(=O)O)CCCC2)CC1N(C)C. The molecule has 1 aliphatic carbocycles. The number of amides is 2. The van der Waals surface area contributed by atoms with Gasteiger partial charge in [-0.2, -0.15) is 0 Å². The maximum atomic E-state index is 12.4. The number of aliphatic carboxylic acids is 1. The molecule has 1 saturated carbocycles. The summed E-state index contributed by atoms with van der Waals surface area (Å²) < 4.78 is 0. The first-order valence-corrected chi connectivity index (χ1v) is 7.32. The molecule has 2 atom stereocenters. The number of hydrogen-bond acceptors (Lipinski definition) is 3. The highest BCUT2D eigenvalue weighted by atomic mass is 16.4. The molecule has 2 unspecified atom stereocenters. The van der Waals surface area contributed by atoms with Crippen LogP contribution in [0.4, 0.5) is 4.79 Å². The van der Waals surface area contributed by atoms with Gasteiger partial charge in [0.05, 0.1) is 0 Å². The summed E-state index contributed by atoms with van der Waals surface area (Å²) in [5.74, 6) is -0.500. The average Bonchev–Trinajstić information content (AvgIpc) is 2.96. The number of likely N-dealkylation sites (tertiary alicyclic amines) is 1. The number of hydrogen-bond donors (Lipinski definition) is 2. The van der Waals surface area contributed by atoms with Crippen LogP contribution >= 0.6 is 0 Å². The van der Waals surface area contributed by atoms with E-state index in [0.717, 1.165) is 12.8 Å². The first kappa shape index (κ1) is 15.1. The van der Waals surface area contributed by atoms with Crippen molar-refractivity contribution in [1.29, 1.82) is 0 Å². The second-order valence-corrected chi connectivity index (χ2v) is 6.44. The molecule has 0 radical (unpaired) electrons. The number of likely N-dealkylation sites (N-methyl/N-ethyl adjacent to an activating group) is 1. The van der Waals surface area contributed by atoms with Crippen molar-refractivity contribution in [3.8, 4) is 0 Å². The lowest BCUT2D eigenvalue weighted by molar-refractivity contribution is -0.144. The van der Waals surface area contributed by atoms with Gasteiger partial charge in [0, 0.05) is 19.1 Å². The topological polar surface area (TPSA) is 72.9 Å². The molecular formula is C14H25N3O3. The van der Waals surface area contributed by atoms with Crippen molar-refractivity contribution < 1.29 is 14.7 Å². The van der Waals surface area contributed by atoms with Crippen LogP contribution in [0.25, 0.3) is 0 Å². The minimum atomic E-state index is -1.05. The normalized spacial score (nSPS) is 28.9. The molecule has 2 N–H and O–H groups in total. The summed E-state index contributed by atoms with van der Waals surface area (Å²) in [6.07, 6.45) is 2.80. The standard InChI is InChI=1S/C14H25N3O3/c1-10-8-17(9-11(10)16(2)3)13(20)15-14(12(18)19)6-4-5-7-14/h10-11H,4-9H2,1-3H3,(H,15,20)(H,18,19). The van der Waals surface area contributed by atoms with Gasteiger partial charge in [0.15, 0.2) is 0 Å². The molecule has 0 bridgehead atoms. The second-order valence-electron chi connectivity index (χ2n) is 6.44. The van der Waals surface area contributed by atoms with Gasteiger partial charge in [0.25, 0.3) is 0 Å². The van der Waals surface area contributed by atoms with Crippen molar-refractivity contribution in [1.82, 2.24) is 15.1 Å². The van der Waals surface area contributed by atoms with Crippen LogP contribution in [-0.4, -0.2) is 65.7 Å². The van der Waals surface area contributed by atoms with Gasteiger partial charge in [-0.05, 0) is 32.9 Å². The molecule has 0 aromatic carbocycles. The Kier molecular flexibility index (Phi) is 4.22. The Morgan fingerprint density at radius 2 is 1.85 bits per heavy atom. The van der Waals surface area contributed by atoms with Crippen LogP contribution in [0.1, 0.15) is 32.6 Å². The lowest BCUT2D eigenvalue weighted by Gasteiger charge is -2.28. The summed E-state index contributed by atoms with van der Waals surface area (Å²) >= 11 is 0. The third-order valence-corrected chi connectivity index (χ3v) is 4.74. The predicted molar refractivity (Wildman–Crippen MR) is 75.6 cm³/mol. The van der Waals surface area contributed by atoms with E-state index in [1.165, 1.54) is 0 Å². The number of nitrogens with one attached hydrogen (secondary N) is 1. The molecule has 6 heteroatoms. The van der Waals surface area contributed by atoms with Crippen LogP contribution in [0.5, 0.6) is 0 Å². The molecule has 114 valence electrons. The molecule has 1 saturated heterocycles. The first-order valence-electron chi connectivity index (χ1n) is 7.32. The summed E-state index contributed by atoms with van der Waals surface area (Å²) in [4.78, 5) is 27.7. The van der Waals surface area contributed by atoms with E-state index >= 15 is 0 Å². The Labute approximate surface area is 120 Å². The number of rotatable bonds is 3. The minimum absolute atomic E-state index is 0.231. The van der Waals surface area contributed by atoms with Gasteiger partial charge in [-0.1, -0.05) is 19.8 Å². The van der Waals surface area contributed by atoms with Crippen LogP contribution in [0, 0.1) is 5.92 Å². The van der Waals surface area contributed by atoms with E-state index in [0.29, 0.717) is 37.9 Å². The fourth-order valence-corrected chi connectivity index (χ4v) is 3.44. The molecule has 2 fully saturated rings. The fraction of sp³-hybridized carbons (Fsp3) is 0.857. The predicted octanol–water partition coefficient (Wildman–Crippen LogP) is 0.975. The molecule has 2 amide bonds. The number of carbonyl (C=O) groups excluding carboxylic acids is 1. The lowest BCUT2D eigenvalue weighted by Crippen LogP contribution is -2.56. The lowest BCUT2D eigenvalue weighted by atomic mass is 9.98. The van der Waals surface area contributed by atoms with Gasteiger partial charge in [-0.3, -0.25) is 0 Å². The van der Waals surface area contributed by atoms with Crippen molar-refractivity contribution in [2.45, 2.75) is 44.2 Å². The smallest absolute Gasteiger partial charge is 0.329 e. The number of urea groups is 1. The van der Waals surface area contributed by atoms with Gasteiger partial charge in [0.1, 0.15) is 5.54 Å². The number of carboxylic acids is 1. The van der Waals surface area contributed by atoms with Gasteiger partial charge >= 0.3 is 12.0 Å². The van der Waals surface area contributed by atoms with E-state index in [1.807, 2.05) is 14.1 Å². The number of nitrogens with zero attached hydrogens (tertiary/aromatic N) is 2. The van der Waals surface area contributed by atoms with E-state index in [2.05, 4.69) is 17.1 Å². The molecule has 0 spiro atoms. The summed E-state index contributed by atoms with van der Waals surface area (Å²) in [6, 6.07) is 0.107. The Balaban J connectivity index is 2.00. The first-order chi connectivity index (χ1) is 9.35. The van der Waals surface area contributed by atoms with Crippen molar-refractivity contribution in [2.75, 3.05) is 27.2 Å². The summed E-state index contributed by atoms with van der Waals surface area (Å²) in [5, 5.41) is 12.2. The quantitative estimate of drug-likeness (QED) is 0.809. The van der Waals surface area contributed by atoms with E-state index < -0.39 is 11.5 Å². The zero-order valence-electron chi connectivity index (χ0n) is 12.6. The minimum Gasteiger partial charge on any atom is -0.480 e. The number of carboxylic acid groups (broad SMARTS) is 1. The maximum Gasteiger partial charge on any atom is 0.329 e. The van der Waals surface area contributed by atoms with Crippen molar-refractivity contribution in [3.05, 3.63) is 0 Å². The molecule has 1 aliphatic heterocycles. The molecule has 1 heterocycles. The highest BCUT2D eigenvalue weighted by Gasteiger charge is 2.44. The van der Waals surface area contributed by atoms with E-state index in [4.69, 9.17) is 0 Å². The van der Waals surface area contributed by atoms with Gasteiger partial charge in [0.2, 0.25) is 0 Å². The fourth-order valence-electron chi connectivity index (χ4n) is 3.44. The van der Waals surface area contributed by atoms with Crippen LogP contribution in [0.2, 0.25) is 0 Å². The average molecular weight is 283 g/mol. The van der Waals surface area contributed by atoms with Crippen molar-refractivity contribution in [2.24, 2.45) is 5.92 Å². The largest absolute Gasteiger partial charge is 0.480 e. The van der Waals surface area contributed by atoms with Crippen molar-refractivity contribution in [3.63, 3.8) is 0 Å². The van der Waals surface area contributed by atoms with Crippen LogP contribution in [0.3, 0.4) is 0 Å². The molecule has 6 nitrogen and oxygen atoms in total. The van der Waals surface area contributed by atoms with E-state index in [9.17, 15) is 14.7 Å². The summed E-state index contributed by atoms with van der Waals surface area (Å²) in [5.41, 5.74) is -1.05. The molecular weight excluding hydrogens is 258 g/mol. The highest BCUT2D eigenvalue weighted by molar-refractivity contribution is 5.86. The zero-order chi connectivity index (χ0) is 14.9. The molecule has 0 aromatic rings. The van der Waals surface area contributed by atoms with Gasteiger partial charge < -0.3 is 20.2 Å². The Hall–Kier alpha value is -1.30. The van der Waals surface area contributed by atoms with E-state index in [-0.39, 0.29) is 6.03 Å². The van der Waals surface area contributed by atoms with E-state index in [1.54, 1.807) is 4.90 Å². The summed E-state index contributed by atoms with van der Waals surface area (Å²) in [7, 11) is 4.02. The Morgan fingerprint density at radius 1 is 1.25 bits per heavy atom. The molecule has 20 heavy (non-hydrogen) atoms. The Morgan fingerprint density at radius 3 is 2.30 bits per heavy atom. The molecule has 2 aliphatic rings. The van der Waals surface area contributed by atoms with Crippen LogP contribution < -0.4 is 5.32 Å². The van der Waals surface area contributed by atoms with Gasteiger partial charge in [-0.25, -0.2) is 9.59 Å². The highest BCUT2D eigenvalue weighted by Crippen LogP contribution is 2.30. The second kappa shape index (κ2) is 5.60. The summed E-state index contributed by atoms with van der Waals surface area (Å²) in [6.45, 7) is 3.47.